The zero-order chi connectivity index (χ0) is 11.7. The number of morpholine rings is 1. The van der Waals surface area contributed by atoms with E-state index in [0.29, 0.717) is 19.6 Å². The molecule has 16 heavy (non-hydrogen) atoms. The Balaban J connectivity index is 2.05. The van der Waals surface area contributed by atoms with Gasteiger partial charge in [-0.25, -0.2) is 0 Å². The zero-order valence-electron chi connectivity index (χ0n) is 9.87. The van der Waals surface area contributed by atoms with Crippen LogP contribution in [0.1, 0.15) is 20.3 Å². The zero-order valence-corrected chi connectivity index (χ0v) is 9.87. The van der Waals surface area contributed by atoms with Crippen molar-refractivity contribution in [2.24, 2.45) is 0 Å². The molecule has 0 spiro atoms. The van der Waals surface area contributed by atoms with Crippen molar-refractivity contribution in [2.45, 2.75) is 50.8 Å². The highest BCUT2D eigenvalue weighted by molar-refractivity contribution is 4.90. The van der Waals surface area contributed by atoms with Gasteiger partial charge >= 0.3 is 0 Å². The maximum atomic E-state index is 10.1. The summed E-state index contributed by atoms with van der Waals surface area (Å²) in [5.41, 5.74) is 0. The van der Waals surface area contributed by atoms with Gasteiger partial charge in [0.2, 0.25) is 0 Å². The highest BCUT2D eigenvalue weighted by Crippen LogP contribution is 2.25. The van der Waals surface area contributed by atoms with Crippen LogP contribution in [0, 0.1) is 0 Å². The smallest absolute Gasteiger partial charge is 0.156 e. The second-order valence-electron chi connectivity index (χ2n) is 4.75. The molecule has 0 aromatic heterocycles. The first-order valence-corrected chi connectivity index (χ1v) is 5.94. The Kier molecular flexibility index (Phi) is 3.81. The summed E-state index contributed by atoms with van der Waals surface area (Å²) >= 11 is 0. The predicted molar refractivity (Wildman–Crippen MR) is 58.0 cm³/mol. The average Bonchev–Trinajstić information content (AvgIpc) is 2.24. The maximum Gasteiger partial charge on any atom is 0.156 e. The molecule has 5 nitrogen and oxygen atoms in total. The minimum Gasteiger partial charge on any atom is -0.389 e. The van der Waals surface area contributed by atoms with Crippen LogP contribution in [0.5, 0.6) is 0 Å². The van der Waals surface area contributed by atoms with Crippen molar-refractivity contribution in [1.29, 1.82) is 0 Å². The van der Waals surface area contributed by atoms with Gasteiger partial charge in [-0.1, -0.05) is 0 Å². The van der Waals surface area contributed by atoms with E-state index in [1.54, 1.807) is 6.92 Å². The summed E-state index contributed by atoms with van der Waals surface area (Å²) in [4.78, 5) is 2.22. The first-order valence-electron chi connectivity index (χ1n) is 5.94. The van der Waals surface area contributed by atoms with Gasteiger partial charge in [0.15, 0.2) is 6.29 Å². The topological polar surface area (TPSA) is 62.2 Å². The molecule has 0 aromatic rings. The van der Waals surface area contributed by atoms with E-state index in [1.807, 2.05) is 0 Å². The van der Waals surface area contributed by atoms with E-state index < -0.39 is 12.4 Å². The summed E-state index contributed by atoms with van der Waals surface area (Å²) in [5, 5.41) is 19.7. The number of hydrogen-bond donors (Lipinski definition) is 2. The molecule has 0 amide bonds. The summed E-state index contributed by atoms with van der Waals surface area (Å²) in [7, 11) is 0. The molecule has 0 unspecified atom stereocenters. The lowest BCUT2D eigenvalue weighted by Gasteiger charge is -2.46. The largest absolute Gasteiger partial charge is 0.389 e. The third kappa shape index (κ3) is 2.38. The number of ether oxygens (including phenoxy) is 2. The normalized spacial score (nSPS) is 46.9. The van der Waals surface area contributed by atoms with E-state index in [4.69, 9.17) is 9.47 Å². The quantitative estimate of drug-likeness (QED) is 0.641. The third-order valence-corrected chi connectivity index (χ3v) is 3.54. The summed E-state index contributed by atoms with van der Waals surface area (Å²) in [6, 6.07) is 0.253. The lowest BCUT2D eigenvalue weighted by Crippen LogP contribution is -2.59. The van der Waals surface area contributed by atoms with Crippen molar-refractivity contribution < 1.29 is 19.7 Å². The molecule has 2 heterocycles. The van der Waals surface area contributed by atoms with Gasteiger partial charge < -0.3 is 19.7 Å². The van der Waals surface area contributed by atoms with Gasteiger partial charge in [-0.2, -0.15) is 0 Å². The van der Waals surface area contributed by atoms with E-state index in [9.17, 15) is 10.2 Å². The number of hydrogen-bond acceptors (Lipinski definition) is 5. The van der Waals surface area contributed by atoms with E-state index in [2.05, 4.69) is 11.8 Å². The van der Waals surface area contributed by atoms with E-state index >= 15 is 0 Å². The van der Waals surface area contributed by atoms with Crippen molar-refractivity contribution in [3.05, 3.63) is 0 Å². The second-order valence-corrected chi connectivity index (χ2v) is 4.75. The molecule has 0 radical (unpaired) electrons. The average molecular weight is 231 g/mol. The molecule has 2 fully saturated rings. The standard InChI is InChI=1S/C11H21NO4/c1-7-6-15-4-3-12(7)9-5-10(13)16-8(2)11(9)14/h7-11,13-14H,3-6H2,1-2H3/t7-,8+,9+,10-,11-/m1/s1. The van der Waals surface area contributed by atoms with Crippen LogP contribution < -0.4 is 0 Å². The summed E-state index contributed by atoms with van der Waals surface area (Å²) in [6.45, 7) is 6.07. The molecule has 2 saturated heterocycles. The Morgan fingerprint density at radius 1 is 1.25 bits per heavy atom. The van der Waals surface area contributed by atoms with Crippen LogP contribution in [0.3, 0.4) is 0 Å². The molecule has 0 aromatic carbocycles. The number of aliphatic hydroxyl groups excluding tert-OH is 2. The maximum absolute atomic E-state index is 10.1. The van der Waals surface area contributed by atoms with Gasteiger partial charge in [-0.3, -0.25) is 4.90 Å². The molecule has 0 saturated carbocycles. The molecule has 2 aliphatic rings. The van der Waals surface area contributed by atoms with Gasteiger partial charge in [0, 0.05) is 25.0 Å². The second kappa shape index (κ2) is 4.98. The molecular formula is C11H21NO4. The first-order chi connectivity index (χ1) is 7.59. The van der Waals surface area contributed by atoms with Crippen molar-refractivity contribution in [3.8, 4) is 0 Å². The van der Waals surface area contributed by atoms with Crippen LogP contribution in [0.15, 0.2) is 0 Å². The van der Waals surface area contributed by atoms with E-state index in [1.165, 1.54) is 0 Å². The van der Waals surface area contributed by atoms with Crippen LogP contribution in [0.2, 0.25) is 0 Å². The van der Waals surface area contributed by atoms with E-state index in [0.717, 1.165) is 6.54 Å². The van der Waals surface area contributed by atoms with Crippen LogP contribution >= 0.6 is 0 Å². The van der Waals surface area contributed by atoms with E-state index in [-0.39, 0.29) is 18.2 Å². The van der Waals surface area contributed by atoms with Crippen LogP contribution in [0.4, 0.5) is 0 Å². The lowest BCUT2D eigenvalue weighted by atomic mass is 9.96. The van der Waals surface area contributed by atoms with Gasteiger partial charge in [0.05, 0.1) is 25.4 Å². The Morgan fingerprint density at radius 3 is 2.69 bits per heavy atom. The summed E-state index contributed by atoms with van der Waals surface area (Å²) in [5.74, 6) is 0. The third-order valence-electron chi connectivity index (χ3n) is 3.54. The van der Waals surface area contributed by atoms with Crippen molar-refractivity contribution in [1.82, 2.24) is 4.90 Å². The molecule has 5 heteroatoms. The molecule has 5 atom stereocenters. The van der Waals surface area contributed by atoms with Crippen LogP contribution in [0.25, 0.3) is 0 Å². The van der Waals surface area contributed by atoms with Crippen molar-refractivity contribution in [3.63, 3.8) is 0 Å². The van der Waals surface area contributed by atoms with Gasteiger partial charge in [-0.05, 0) is 13.8 Å². The monoisotopic (exact) mass is 231 g/mol. The Hall–Kier alpha value is -0.200. The molecule has 0 aliphatic carbocycles. The fraction of sp³-hybridized carbons (Fsp3) is 1.00. The summed E-state index contributed by atoms with van der Waals surface area (Å²) in [6.07, 6.45) is -1.15. The first kappa shape index (κ1) is 12.3. The summed E-state index contributed by atoms with van der Waals surface area (Å²) < 4.78 is 10.6. The van der Waals surface area contributed by atoms with Crippen LogP contribution in [-0.2, 0) is 9.47 Å². The Labute approximate surface area is 96.0 Å². The van der Waals surface area contributed by atoms with Crippen molar-refractivity contribution >= 4 is 0 Å². The fourth-order valence-corrected chi connectivity index (χ4v) is 2.61. The molecule has 2 N–H and O–H groups in total. The fourth-order valence-electron chi connectivity index (χ4n) is 2.61. The minimum absolute atomic E-state index is 0.0300. The SMILES string of the molecule is C[C@@H]1O[C@@H](O)C[C@H](N2CCOC[C@H]2C)[C@@H]1O. The van der Waals surface area contributed by atoms with Gasteiger partial charge in [0.1, 0.15) is 0 Å². The lowest BCUT2D eigenvalue weighted by molar-refractivity contribution is -0.223. The molecule has 94 valence electrons. The van der Waals surface area contributed by atoms with Crippen molar-refractivity contribution in [2.75, 3.05) is 19.8 Å². The highest BCUT2D eigenvalue weighted by atomic mass is 16.6. The predicted octanol–water partition coefficient (Wildman–Crippen LogP) is -0.436. The molecule has 2 aliphatic heterocycles. The molecule has 0 bridgehead atoms. The number of aliphatic hydroxyl groups is 2. The Bertz CT molecular complexity index is 238. The minimum atomic E-state index is -0.765. The molecule has 2 rings (SSSR count). The number of rotatable bonds is 1. The highest BCUT2D eigenvalue weighted by Gasteiger charge is 2.40. The Morgan fingerprint density at radius 2 is 2.00 bits per heavy atom. The molecular weight excluding hydrogens is 210 g/mol. The number of nitrogens with zero attached hydrogens (tertiary/aromatic N) is 1. The van der Waals surface area contributed by atoms with Crippen LogP contribution in [-0.4, -0.2) is 65.5 Å². The van der Waals surface area contributed by atoms with Gasteiger partial charge in [-0.15, -0.1) is 0 Å². The van der Waals surface area contributed by atoms with Gasteiger partial charge in [0.25, 0.3) is 0 Å².